The first kappa shape index (κ1) is 23.0. The van der Waals surface area contributed by atoms with Gasteiger partial charge in [-0.25, -0.2) is 0 Å². The van der Waals surface area contributed by atoms with Crippen LogP contribution in [0.3, 0.4) is 0 Å². The summed E-state index contributed by atoms with van der Waals surface area (Å²) in [4.78, 5) is 31.7. The number of phenolic OH excluding ortho intramolecular Hbond substituents is 1. The topological polar surface area (TPSA) is 100.0 Å². The average molecular weight is 459 g/mol. The zero-order valence-corrected chi connectivity index (χ0v) is 18.8. The van der Waals surface area contributed by atoms with Crippen molar-refractivity contribution in [1.82, 2.24) is 9.88 Å². The predicted molar refractivity (Wildman–Crippen MR) is 127 cm³/mol. The maximum Gasteiger partial charge on any atom is 0.295 e. The van der Waals surface area contributed by atoms with Crippen molar-refractivity contribution in [3.63, 3.8) is 0 Å². The lowest BCUT2D eigenvalue weighted by molar-refractivity contribution is -0.140. The maximum atomic E-state index is 13.2. The normalized spacial score (nSPS) is 17.2. The number of unbranched alkanes of at least 4 members (excludes halogenated alkanes) is 1. The van der Waals surface area contributed by atoms with Crippen molar-refractivity contribution in [3.05, 3.63) is 95.3 Å². The second kappa shape index (κ2) is 10.2. The van der Waals surface area contributed by atoms with Crippen LogP contribution in [0.4, 0.5) is 0 Å². The fraction of sp³-hybridized carbons (Fsp3) is 0.222. The van der Waals surface area contributed by atoms with Crippen LogP contribution in [0.1, 0.15) is 42.5 Å². The van der Waals surface area contributed by atoms with Gasteiger partial charge in [0.1, 0.15) is 17.3 Å². The van der Waals surface area contributed by atoms with Gasteiger partial charge >= 0.3 is 0 Å². The number of hydrogen-bond donors (Lipinski definition) is 2. The van der Waals surface area contributed by atoms with E-state index in [1.54, 1.807) is 54.9 Å². The minimum absolute atomic E-state index is 0.00390. The number of likely N-dealkylation sites (tertiary alicyclic amines) is 1. The molecule has 0 saturated carbocycles. The molecule has 34 heavy (non-hydrogen) atoms. The number of hydrogen-bond acceptors (Lipinski definition) is 6. The quantitative estimate of drug-likeness (QED) is 0.222. The largest absolute Gasteiger partial charge is 0.508 e. The minimum Gasteiger partial charge on any atom is -0.508 e. The Labute approximate surface area is 198 Å². The zero-order chi connectivity index (χ0) is 24.1. The number of aliphatic hydroxyl groups is 1. The van der Waals surface area contributed by atoms with Crippen LogP contribution in [0.25, 0.3) is 5.76 Å². The van der Waals surface area contributed by atoms with Crippen molar-refractivity contribution in [3.8, 4) is 11.5 Å². The van der Waals surface area contributed by atoms with E-state index in [-0.39, 0.29) is 23.6 Å². The maximum absolute atomic E-state index is 13.2. The van der Waals surface area contributed by atoms with Gasteiger partial charge in [0.05, 0.1) is 18.2 Å². The van der Waals surface area contributed by atoms with Crippen molar-refractivity contribution in [2.75, 3.05) is 6.61 Å². The summed E-state index contributed by atoms with van der Waals surface area (Å²) >= 11 is 0. The van der Waals surface area contributed by atoms with E-state index in [1.165, 1.54) is 17.0 Å². The Morgan fingerprint density at radius 1 is 1.09 bits per heavy atom. The van der Waals surface area contributed by atoms with Crippen molar-refractivity contribution in [2.24, 2.45) is 0 Å². The number of nitrogens with zero attached hydrogens (tertiary/aromatic N) is 2. The number of amides is 1. The van der Waals surface area contributed by atoms with Crippen LogP contribution in [0.5, 0.6) is 11.5 Å². The lowest BCUT2D eigenvalue weighted by Gasteiger charge is -2.25. The Hall–Kier alpha value is -4.13. The Kier molecular flexibility index (Phi) is 6.92. The number of phenols is 1. The van der Waals surface area contributed by atoms with Gasteiger partial charge in [0, 0.05) is 24.5 Å². The third kappa shape index (κ3) is 4.78. The molecule has 0 aliphatic carbocycles. The Bertz CT molecular complexity index is 1220. The van der Waals surface area contributed by atoms with Crippen molar-refractivity contribution >= 4 is 17.4 Å². The number of pyridine rings is 1. The van der Waals surface area contributed by atoms with Gasteiger partial charge in [0.15, 0.2) is 0 Å². The van der Waals surface area contributed by atoms with Crippen LogP contribution in [-0.4, -0.2) is 38.4 Å². The van der Waals surface area contributed by atoms with Crippen LogP contribution >= 0.6 is 0 Å². The number of Topliss-reactive ketones (excluding diaryl/α,β-unsaturated/α-hetero) is 1. The molecule has 0 radical (unpaired) electrons. The van der Waals surface area contributed by atoms with Crippen molar-refractivity contribution < 1.29 is 24.5 Å². The van der Waals surface area contributed by atoms with Crippen molar-refractivity contribution in [1.29, 1.82) is 0 Å². The van der Waals surface area contributed by atoms with Crippen LogP contribution in [0.2, 0.25) is 0 Å². The van der Waals surface area contributed by atoms with E-state index in [1.807, 2.05) is 6.07 Å². The summed E-state index contributed by atoms with van der Waals surface area (Å²) in [5, 5.41) is 21.3. The molecule has 1 aromatic heterocycles. The van der Waals surface area contributed by atoms with Gasteiger partial charge in [0.25, 0.3) is 11.7 Å². The lowest BCUT2D eigenvalue weighted by atomic mass is 9.95. The van der Waals surface area contributed by atoms with E-state index in [2.05, 4.69) is 11.9 Å². The molecule has 0 spiro atoms. The summed E-state index contributed by atoms with van der Waals surface area (Å²) in [6.07, 6.45) is 5.13. The second-order valence-electron chi connectivity index (χ2n) is 8.11. The van der Waals surface area contributed by atoms with E-state index in [4.69, 9.17) is 4.74 Å². The number of ether oxygens (including phenoxy) is 1. The average Bonchev–Trinajstić information content (AvgIpc) is 3.09. The smallest absolute Gasteiger partial charge is 0.295 e. The fourth-order valence-electron chi connectivity index (χ4n) is 4.00. The molecule has 1 aliphatic rings. The molecule has 174 valence electrons. The van der Waals surface area contributed by atoms with Gasteiger partial charge in [-0.3, -0.25) is 14.6 Å². The number of rotatable bonds is 8. The summed E-state index contributed by atoms with van der Waals surface area (Å²) in [5.41, 5.74) is 1.59. The molecule has 7 heteroatoms. The van der Waals surface area contributed by atoms with E-state index >= 15 is 0 Å². The minimum atomic E-state index is -0.878. The van der Waals surface area contributed by atoms with Crippen LogP contribution < -0.4 is 4.74 Å². The van der Waals surface area contributed by atoms with Gasteiger partial charge in [-0.2, -0.15) is 0 Å². The number of aromatic nitrogens is 1. The summed E-state index contributed by atoms with van der Waals surface area (Å²) in [6, 6.07) is 15.8. The number of carbonyl (C=O) groups excluding carboxylic acids is 2. The van der Waals surface area contributed by atoms with Gasteiger partial charge < -0.3 is 19.8 Å². The summed E-state index contributed by atoms with van der Waals surface area (Å²) in [5.74, 6) is -1.24. The van der Waals surface area contributed by atoms with Crippen LogP contribution in [-0.2, 0) is 16.1 Å². The first-order valence-electron chi connectivity index (χ1n) is 11.2. The highest BCUT2D eigenvalue weighted by molar-refractivity contribution is 6.46. The van der Waals surface area contributed by atoms with Gasteiger partial charge in [-0.15, -0.1) is 0 Å². The van der Waals surface area contributed by atoms with Crippen LogP contribution in [0.15, 0.2) is 78.6 Å². The number of aliphatic hydroxyl groups excluding tert-OH is 1. The second-order valence-corrected chi connectivity index (χ2v) is 8.11. The molecule has 1 unspecified atom stereocenters. The highest BCUT2D eigenvalue weighted by Gasteiger charge is 2.46. The fourth-order valence-corrected chi connectivity index (χ4v) is 4.00. The summed E-state index contributed by atoms with van der Waals surface area (Å²) < 4.78 is 5.74. The Morgan fingerprint density at radius 2 is 1.91 bits per heavy atom. The molecule has 2 aromatic carbocycles. The first-order valence-corrected chi connectivity index (χ1v) is 11.2. The van der Waals surface area contributed by atoms with E-state index in [9.17, 15) is 19.8 Å². The van der Waals surface area contributed by atoms with Crippen LogP contribution in [0, 0.1) is 0 Å². The molecule has 1 atom stereocenters. The van der Waals surface area contributed by atoms with Gasteiger partial charge in [-0.05, 0) is 47.9 Å². The standard InChI is InChI=1S/C27H26N2O5/c1-2-3-13-34-22-11-5-9-20(15-22)25(31)23-24(19-8-4-10-21(30)14-19)29(27(33)26(23)32)17-18-7-6-12-28-16-18/h4-12,14-16,24,30-31H,2-3,13,17H2,1H3/b25-23+. The number of carbonyl (C=O) groups is 2. The predicted octanol–water partition coefficient (Wildman–Crippen LogP) is 4.59. The Morgan fingerprint density at radius 3 is 2.65 bits per heavy atom. The molecule has 3 aromatic rings. The molecule has 1 fully saturated rings. The number of aromatic hydroxyl groups is 1. The Balaban J connectivity index is 1.79. The van der Waals surface area contributed by atoms with Gasteiger partial charge in [0.2, 0.25) is 0 Å². The first-order chi connectivity index (χ1) is 16.5. The third-order valence-electron chi connectivity index (χ3n) is 5.68. The monoisotopic (exact) mass is 458 g/mol. The van der Waals surface area contributed by atoms with E-state index < -0.39 is 17.7 Å². The molecule has 2 heterocycles. The lowest BCUT2D eigenvalue weighted by Crippen LogP contribution is -2.29. The van der Waals surface area contributed by atoms with E-state index in [0.717, 1.165) is 18.4 Å². The highest BCUT2D eigenvalue weighted by Crippen LogP contribution is 2.41. The number of benzene rings is 2. The molecule has 1 amide bonds. The number of ketones is 1. The highest BCUT2D eigenvalue weighted by atomic mass is 16.5. The summed E-state index contributed by atoms with van der Waals surface area (Å²) in [7, 11) is 0. The molecule has 2 N–H and O–H groups in total. The van der Waals surface area contributed by atoms with Crippen molar-refractivity contribution in [2.45, 2.75) is 32.4 Å². The SMILES string of the molecule is CCCCOc1cccc(/C(O)=C2\C(=O)C(=O)N(Cc3cccnc3)C2c2cccc(O)c2)c1. The molecule has 1 saturated heterocycles. The zero-order valence-electron chi connectivity index (χ0n) is 18.8. The molecule has 1 aliphatic heterocycles. The van der Waals surface area contributed by atoms with Gasteiger partial charge in [-0.1, -0.05) is 43.7 Å². The summed E-state index contributed by atoms with van der Waals surface area (Å²) in [6.45, 7) is 2.73. The molecular weight excluding hydrogens is 432 g/mol. The molecule has 0 bridgehead atoms. The third-order valence-corrected chi connectivity index (χ3v) is 5.68. The molecule has 4 rings (SSSR count). The molecular formula is C27H26N2O5. The molecule has 7 nitrogen and oxygen atoms in total. The van der Waals surface area contributed by atoms with E-state index in [0.29, 0.717) is 23.5 Å².